The second-order valence-corrected chi connectivity index (χ2v) is 8.43. The minimum absolute atomic E-state index is 0.127. The van der Waals surface area contributed by atoms with Crippen LogP contribution in [0.2, 0.25) is 10.0 Å². The third-order valence-corrected chi connectivity index (χ3v) is 6.73. The summed E-state index contributed by atoms with van der Waals surface area (Å²) < 4.78 is 0. The lowest BCUT2D eigenvalue weighted by molar-refractivity contribution is -0.126. The van der Waals surface area contributed by atoms with E-state index in [2.05, 4.69) is 34.3 Å². The van der Waals surface area contributed by atoms with Crippen molar-refractivity contribution in [3.8, 4) is 0 Å². The van der Waals surface area contributed by atoms with Gasteiger partial charge in [0.05, 0.1) is 27.7 Å². The summed E-state index contributed by atoms with van der Waals surface area (Å²) in [5.41, 5.74) is 2.72. The highest BCUT2D eigenvalue weighted by molar-refractivity contribution is 6.42. The Morgan fingerprint density at radius 1 is 0.857 bits per heavy atom. The van der Waals surface area contributed by atoms with Crippen molar-refractivity contribution in [1.29, 1.82) is 0 Å². The van der Waals surface area contributed by atoms with Gasteiger partial charge in [0, 0.05) is 13.1 Å². The number of anilines is 1. The lowest BCUT2D eigenvalue weighted by Gasteiger charge is -2.29. The van der Waals surface area contributed by atoms with Gasteiger partial charge in [-0.25, -0.2) is 14.9 Å². The average Bonchev–Trinajstić information content (AvgIpc) is 3.31. The maximum Gasteiger partial charge on any atom is 0.253 e. The number of nitrogens with zero attached hydrogens (tertiary/aromatic N) is 3. The van der Waals surface area contributed by atoms with E-state index in [0.29, 0.717) is 15.7 Å². The molecule has 3 atom stereocenters. The van der Waals surface area contributed by atoms with E-state index in [9.17, 15) is 9.59 Å². The molecular formula is C21H19Cl2N3O2. The number of hydrogen-bond acceptors (Lipinski definition) is 4. The molecule has 0 saturated carbocycles. The van der Waals surface area contributed by atoms with E-state index >= 15 is 0 Å². The minimum atomic E-state index is -0.462. The van der Waals surface area contributed by atoms with Gasteiger partial charge in [0.1, 0.15) is 6.04 Å². The van der Waals surface area contributed by atoms with Gasteiger partial charge in [-0.2, -0.15) is 0 Å². The Morgan fingerprint density at radius 3 is 2.21 bits per heavy atom. The van der Waals surface area contributed by atoms with Crippen molar-refractivity contribution in [2.45, 2.75) is 25.4 Å². The second kappa shape index (κ2) is 6.56. The molecule has 3 fully saturated rings. The molecule has 5 nitrogen and oxygen atoms in total. The minimum Gasteiger partial charge on any atom is -0.274 e. The zero-order valence-electron chi connectivity index (χ0n) is 15.3. The van der Waals surface area contributed by atoms with E-state index in [0.717, 1.165) is 25.1 Å². The Labute approximate surface area is 173 Å². The van der Waals surface area contributed by atoms with Crippen molar-refractivity contribution in [3.05, 3.63) is 63.6 Å². The summed E-state index contributed by atoms with van der Waals surface area (Å²) in [4.78, 5) is 28.1. The maximum atomic E-state index is 13.5. The number of fused-ring (bicyclic) bond motifs is 3. The third kappa shape index (κ3) is 2.54. The van der Waals surface area contributed by atoms with Gasteiger partial charge < -0.3 is 0 Å². The van der Waals surface area contributed by atoms with Gasteiger partial charge in [-0.1, -0.05) is 53.0 Å². The van der Waals surface area contributed by atoms with Gasteiger partial charge in [-0.15, -0.1) is 0 Å². The lowest BCUT2D eigenvalue weighted by Crippen LogP contribution is -2.44. The highest BCUT2D eigenvalue weighted by Crippen LogP contribution is 2.49. The Bertz CT molecular complexity index is 978. The molecule has 0 bridgehead atoms. The molecule has 2 amide bonds. The number of imide groups is 1. The molecule has 28 heavy (non-hydrogen) atoms. The van der Waals surface area contributed by atoms with Gasteiger partial charge >= 0.3 is 0 Å². The van der Waals surface area contributed by atoms with E-state index in [1.165, 1.54) is 10.5 Å². The molecule has 3 saturated heterocycles. The van der Waals surface area contributed by atoms with E-state index in [1.807, 2.05) is 6.92 Å². The number of carbonyl (C=O) groups excluding carboxylic acids is 2. The molecule has 2 aromatic rings. The fourth-order valence-corrected chi connectivity index (χ4v) is 5.05. The summed E-state index contributed by atoms with van der Waals surface area (Å²) in [6.45, 7) is 3.69. The topological polar surface area (TPSA) is 43.9 Å². The van der Waals surface area contributed by atoms with E-state index < -0.39 is 12.0 Å². The normalized spacial score (nSPS) is 27.5. The van der Waals surface area contributed by atoms with Gasteiger partial charge in [0.15, 0.2) is 0 Å². The molecule has 2 aromatic carbocycles. The monoisotopic (exact) mass is 415 g/mol. The van der Waals surface area contributed by atoms with Crippen molar-refractivity contribution < 1.29 is 9.59 Å². The highest BCUT2D eigenvalue weighted by Gasteiger charge is 2.62. The molecule has 144 valence electrons. The first-order chi connectivity index (χ1) is 13.5. The second-order valence-electron chi connectivity index (χ2n) is 7.62. The number of halogens is 2. The van der Waals surface area contributed by atoms with Gasteiger partial charge in [0.25, 0.3) is 5.91 Å². The van der Waals surface area contributed by atoms with E-state index in [4.69, 9.17) is 23.2 Å². The quantitative estimate of drug-likeness (QED) is 0.698. The van der Waals surface area contributed by atoms with E-state index in [1.54, 1.807) is 18.2 Å². The first-order valence-electron chi connectivity index (χ1n) is 9.40. The summed E-state index contributed by atoms with van der Waals surface area (Å²) in [5.74, 6) is -0.784. The highest BCUT2D eigenvalue weighted by atomic mass is 35.5. The molecule has 0 aromatic heterocycles. The van der Waals surface area contributed by atoms with Crippen LogP contribution in [0.3, 0.4) is 0 Å². The largest absolute Gasteiger partial charge is 0.274 e. The van der Waals surface area contributed by atoms with Gasteiger partial charge in [-0.05, 0) is 37.1 Å². The Kier molecular flexibility index (Phi) is 4.25. The fraction of sp³-hybridized carbons (Fsp3) is 0.333. The average molecular weight is 416 g/mol. The smallest absolute Gasteiger partial charge is 0.253 e. The Hall–Kier alpha value is -1.92. The molecule has 0 radical (unpaired) electrons. The number of hydrazine groups is 1. The number of rotatable bonds is 2. The van der Waals surface area contributed by atoms with Crippen molar-refractivity contribution in [3.63, 3.8) is 0 Å². The summed E-state index contributed by atoms with van der Waals surface area (Å²) in [6.07, 6.45) is 0.986. The predicted molar refractivity (Wildman–Crippen MR) is 108 cm³/mol. The van der Waals surface area contributed by atoms with Crippen LogP contribution >= 0.6 is 23.2 Å². The predicted octanol–water partition coefficient (Wildman–Crippen LogP) is 3.84. The molecule has 3 aliphatic rings. The molecule has 0 unspecified atom stereocenters. The molecular weight excluding hydrogens is 397 g/mol. The summed E-state index contributed by atoms with van der Waals surface area (Å²) >= 11 is 12.1. The molecule has 5 rings (SSSR count). The standard InChI is InChI=1S/C21H19Cl2N3O2/c1-12-3-5-13(6-4-12)18-17-19(25-10-2-9-24(18)25)21(28)26(20(17)27)14-7-8-15(22)16(23)11-14/h3-8,11,17-19H,2,9-10H2,1H3/t17-,18+,19-/m1/s1. The van der Waals surface area contributed by atoms with Gasteiger partial charge in [-0.3, -0.25) is 9.59 Å². The SMILES string of the molecule is Cc1ccc([C@H]2[C@H]3C(=O)N(c4ccc(Cl)c(Cl)c4)C(=O)[C@@H]3N3CCCN23)cc1. The van der Waals surface area contributed by atoms with Crippen LogP contribution in [-0.4, -0.2) is 41.0 Å². The third-order valence-electron chi connectivity index (χ3n) is 5.99. The zero-order chi connectivity index (χ0) is 19.6. The molecule has 3 aliphatic heterocycles. The van der Waals surface area contributed by atoms with Crippen LogP contribution in [0.5, 0.6) is 0 Å². The van der Waals surface area contributed by atoms with Crippen molar-refractivity contribution in [2.24, 2.45) is 5.92 Å². The molecule has 0 aliphatic carbocycles. The lowest BCUT2D eigenvalue weighted by atomic mass is 9.89. The fourth-order valence-electron chi connectivity index (χ4n) is 4.76. The van der Waals surface area contributed by atoms with Crippen molar-refractivity contribution >= 4 is 40.7 Å². The molecule has 0 spiro atoms. The van der Waals surface area contributed by atoms with Crippen LogP contribution in [0.25, 0.3) is 0 Å². The van der Waals surface area contributed by atoms with Crippen molar-refractivity contribution in [2.75, 3.05) is 18.0 Å². The molecule has 7 heteroatoms. The van der Waals surface area contributed by atoms with Crippen LogP contribution in [0, 0.1) is 12.8 Å². The number of benzene rings is 2. The van der Waals surface area contributed by atoms with Gasteiger partial charge in [0.2, 0.25) is 5.91 Å². The van der Waals surface area contributed by atoms with E-state index in [-0.39, 0.29) is 17.9 Å². The summed E-state index contributed by atoms with van der Waals surface area (Å²) in [6, 6.07) is 12.5. The number of amides is 2. The number of aryl methyl sites for hydroxylation is 1. The van der Waals surface area contributed by atoms with Crippen LogP contribution in [-0.2, 0) is 9.59 Å². The Morgan fingerprint density at radius 2 is 1.54 bits per heavy atom. The van der Waals surface area contributed by atoms with Crippen LogP contribution in [0.4, 0.5) is 5.69 Å². The summed E-state index contributed by atoms with van der Waals surface area (Å²) in [7, 11) is 0. The zero-order valence-corrected chi connectivity index (χ0v) is 16.8. The van der Waals surface area contributed by atoms with Crippen LogP contribution < -0.4 is 4.90 Å². The maximum absolute atomic E-state index is 13.5. The first kappa shape index (κ1) is 18.1. The molecule has 3 heterocycles. The number of hydrogen-bond donors (Lipinski definition) is 0. The number of carbonyl (C=O) groups is 2. The Balaban J connectivity index is 1.58. The van der Waals surface area contributed by atoms with Crippen LogP contribution in [0.1, 0.15) is 23.6 Å². The molecule has 0 N–H and O–H groups in total. The van der Waals surface area contributed by atoms with Crippen molar-refractivity contribution in [1.82, 2.24) is 10.0 Å². The summed E-state index contributed by atoms with van der Waals surface area (Å²) in [5, 5.41) is 5.03. The van der Waals surface area contributed by atoms with Crippen LogP contribution in [0.15, 0.2) is 42.5 Å². The first-order valence-corrected chi connectivity index (χ1v) is 10.2.